The van der Waals surface area contributed by atoms with Gasteiger partial charge in [0.1, 0.15) is 0 Å². The van der Waals surface area contributed by atoms with E-state index < -0.39 is 0 Å². The van der Waals surface area contributed by atoms with Gasteiger partial charge in [-0.2, -0.15) is 0 Å². The summed E-state index contributed by atoms with van der Waals surface area (Å²) in [5, 5.41) is 6.07. The summed E-state index contributed by atoms with van der Waals surface area (Å²) in [6.45, 7) is 0. The molecule has 0 spiro atoms. The first kappa shape index (κ1) is 16.8. The monoisotopic (exact) mass is 383 g/mol. The van der Waals surface area contributed by atoms with Gasteiger partial charge < -0.3 is 0 Å². The highest BCUT2D eigenvalue weighted by Crippen LogP contribution is 2.36. The molecule has 0 aliphatic carbocycles. The van der Waals surface area contributed by atoms with Gasteiger partial charge in [0.05, 0.1) is 11.2 Å². The third kappa shape index (κ3) is 2.64. The van der Waals surface area contributed by atoms with E-state index in [4.69, 9.17) is 9.97 Å². The lowest BCUT2D eigenvalue weighted by molar-refractivity contribution is 1.30. The number of rotatable bonds is 2. The van der Waals surface area contributed by atoms with Crippen molar-refractivity contribution in [1.82, 2.24) is 15.0 Å². The van der Waals surface area contributed by atoms with Crippen molar-refractivity contribution in [2.75, 3.05) is 0 Å². The summed E-state index contributed by atoms with van der Waals surface area (Å²) >= 11 is 0. The van der Waals surface area contributed by atoms with Crippen LogP contribution < -0.4 is 0 Å². The highest BCUT2D eigenvalue weighted by molar-refractivity contribution is 6.19. The summed E-state index contributed by atoms with van der Waals surface area (Å²) in [6, 6.07) is 27.4. The van der Waals surface area contributed by atoms with Gasteiger partial charge in [0.25, 0.3) is 0 Å². The number of fused-ring (bicyclic) bond motifs is 5. The van der Waals surface area contributed by atoms with Crippen molar-refractivity contribution in [2.45, 2.75) is 0 Å². The molecule has 140 valence electrons. The van der Waals surface area contributed by atoms with Crippen molar-refractivity contribution < 1.29 is 0 Å². The van der Waals surface area contributed by atoms with Crippen LogP contribution in [0.1, 0.15) is 0 Å². The molecule has 0 saturated carbocycles. The van der Waals surface area contributed by atoms with Crippen molar-refractivity contribution in [1.29, 1.82) is 0 Å². The molecule has 3 nitrogen and oxygen atoms in total. The summed E-state index contributed by atoms with van der Waals surface area (Å²) in [5.74, 6) is 0. The molecule has 0 saturated heterocycles. The molecule has 0 radical (unpaired) electrons. The number of benzene rings is 3. The summed E-state index contributed by atoms with van der Waals surface area (Å²) in [5.41, 5.74) is 5.05. The van der Waals surface area contributed by atoms with Crippen LogP contribution in [-0.2, 0) is 0 Å². The molecule has 0 aliphatic heterocycles. The first-order valence-electron chi connectivity index (χ1n) is 9.94. The van der Waals surface area contributed by atoms with Crippen molar-refractivity contribution in [3.63, 3.8) is 0 Å². The first-order chi connectivity index (χ1) is 14.9. The zero-order chi connectivity index (χ0) is 19.9. The summed E-state index contributed by atoms with van der Waals surface area (Å²) < 4.78 is 0. The van der Waals surface area contributed by atoms with Gasteiger partial charge >= 0.3 is 0 Å². The molecule has 3 heteroatoms. The number of hydrogen-bond donors (Lipinski definition) is 0. The standard InChI is InChI=1S/C27H17N3/c1-2-7-21-18(5-1)9-11-22-23-8-4-14-29-27(23)25(15-24(21)22)26-12-10-20(17-30-26)19-6-3-13-28-16-19/h1-17H. The molecule has 6 aromatic rings. The van der Waals surface area contributed by atoms with Crippen LogP contribution in [0.15, 0.2) is 104 Å². The van der Waals surface area contributed by atoms with E-state index >= 15 is 0 Å². The first-order valence-corrected chi connectivity index (χ1v) is 9.94. The van der Waals surface area contributed by atoms with Crippen LogP contribution in [0.2, 0.25) is 0 Å². The quantitative estimate of drug-likeness (QED) is 0.314. The average molecular weight is 383 g/mol. The predicted octanol–water partition coefficient (Wildman–Crippen LogP) is 6.67. The second-order valence-corrected chi connectivity index (χ2v) is 7.38. The fourth-order valence-electron chi connectivity index (χ4n) is 4.19. The van der Waals surface area contributed by atoms with Crippen LogP contribution in [0.4, 0.5) is 0 Å². The minimum atomic E-state index is 0.918. The normalized spacial score (nSPS) is 11.3. The average Bonchev–Trinajstić information content (AvgIpc) is 2.84. The Bertz CT molecular complexity index is 1520. The molecular formula is C27H17N3. The molecule has 0 N–H and O–H groups in total. The van der Waals surface area contributed by atoms with Crippen LogP contribution in [0.25, 0.3) is 54.8 Å². The van der Waals surface area contributed by atoms with Crippen molar-refractivity contribution >= 4 is 32.4 Å². The van der Waals surface area contributed by atoms with Crippen LogP contribution >= 0.6 is 0 Å². The molecule has 30 heavy (non-hydrogen) atoms. The topological polar surface area (TPSA) is 38.7 Å². The van der Waals surface area contributed by atoms with E-state index in [1.807, 2.05) is 36.8 Å². The van der Waals surface area contributed by atoms with E-state index in [9.17, 15) is 0 Å². The smallest absolute Gasteiger partial charge is 0.0802 e. The summed E-state index contributed by atoms with van der Waals surface area (Å²) in [7, 11) is 0. The van der Waals surface area contributed by atoms with Gasteiger partial charge in [0.2, 0.25) is 0 Å². The lowest BCUT2D eigenvalue weighted by Crippen LogP contribution is -1.91. The van der Waals surface area contributed by atoms with Gasteiger partial charge in [-0.15, -0.1) is 0 Å². The Morgan fingerprint density at radius 1 is 0.533 bits per heavy atom. The van der Waals surface area contributed by atoms with Gasteiger partial charge in [-0.1, -0.05) is 54.6 Å². The number of hydrogen-bond acceptors (Lipinski definition) is 3. The van der Waals surface area contributed by atoms with E-state index in [1.165, 1.54) is 21.5 Å². The second-order valence-electron chi connectivity index (χ2n) is 7.38. The Balaban J connectivity index is 1.62. The van der Waals surface area contributed by atoms with Crippen LogP contribution in [0, 0.1) is 0 Å². The largest absolute Gasteiger partial charge is 0.264 e. The molecule has 3 aromatic carbocycles. The number of aromatic nitrogens is 3. The Morgan fingerprint density at radius 3 is 2.27 bits per heavy atom. The zero-order valence-corrected chi connectivity index (χ0v) is 16.2. The molecule has 0 aliphatic rings. The lowest BCUT2D eigenvalue weighted by atomic mass is 9.94. The predicted molar refractivity (Wildman–Crippen MR) is 123 cm³/mol. The van der Waals surface area contributed by atoms with Crippen LogP contribution in [0.3, 0.4) is 0 Å². The molecule has 0 atom stereocenters. The molecule has 0 fully saturated rings. The lowest BCUT2D eigenvalue weighted by Gasteiger charge is -2.12. The molecule has 6 rings (SSSR count). The Hall–Kier alpha value is -4.11. The Kier molecular flexibility index (Phi) is 3.78. The molecule has 3 aromatic heterocycles. The van der Waals surface area contributed by atoms with E-state index in [1.54, 1.807) is 6.20 Å². The molecule has 0 bridgehead atoms. The third-order valence-corrected chi connectivity index (χ3v) is 5.65. The van der Waals surface area contributed by atoms with Crippen molar-refractivity contribution in [3.8, 4) is 22.4 Å². The molecule has 3 heterocycles. The fourth-order valence-corrected chi connectivity index (χ4v) is 4.19. The van der Waals surface area contributed by atoms with Crippen molar-refractivity contribution in [2.24, 2.45) is 0 Å². The maximum absolute atomic E-state index is 4.79. The number of nitrogens with zero attached hydrogens (tertiary/aromatic N) is 3. The van der Waals surface area contributed by atoms with Gasteiger partial charge in [-0.05, 0) is 45.8 Å². The SMILES string of the molecule is c1cncc(-c2ccc(-c3cc4c5ccccc5ccc4c4cccnc34)nc2)c1. The molecule has 0 unspecified atom stereocenters. The van der Waals surface area contributed by atoms with Crippen LogP contribution in [-0.4, -0.2) is 15.0 Å². The Labute approximate surface area is 173 Å². The second kappa shape index (κ2) is 6.75. The third-order valence-electron chi connectivity index (χ3n) is 5.65. The maximum Gasteiger partial charge on any atom is 0.0802 e. The highest BCUT2D eigenvalue weighted by atomic mass is 14.7. The molecule has 0 amide bonds. The highest BCUT2D eigenvalue weighted by Gasteiger charge is 2.12. The fraction of sp³-hybridized carbons (Fsp3) is 0. The van der Waals surface area contributed by atoms with Gasteiger partial charge in [-0.3, -0.25) is 15.0 Å². The van der Waals surface area contributed by atoms with E-state index in [2.05, 4.69) is 65.6 Å². The molecular weight excluding hydrogens is 366 g/mol. The Morgan fingerprint density at radius 2 is 1.40 bits per heavy atom. The van der Waals surface area contributed by atoms with E-state index in [0.29, 0.717) is 0 Å². The van der Waals surface area contributed by atoms with Gasteiger partial charge in [0.15, 0.2) is 0 Å². The van der Waals surface area contributed by atoms with E-state index in [-0.39, 0.29) is 0 Å². The number of pyridine rings is 3. The van der Waals surface area contributed by atoms with Gasteiger partial charge in [0, 0.05) is 46.9 Å². The minimum Gasteiger partial charge on any atom is -0.264 e. The zero-order valence-electron chi connectivity index (χ0n) is 16.2. The minimum absolute atomic E-state index is 0.918. The van der Waals surface area contributed by atoms with Gasteiger partial charge in [-0.25, -0.2) is 0 Å². The summed E-state index contributed by atoms with van der Waals surface area (Å²) in [6.07, 6.45) is 7.40. The van der Waals surface area contributed by atoms with E-state index in [0.717, 1.165) is 33.3 Å². The van der Waals surface area contributed by atoms with Crippen molar-refractivity contribution in [3.05, 3.63) is 104 Å². The summed E-state index contributed by atoms with van der Waals surface area (Å²) in [4.78, 5) is 13.7. The maximum atomic E-state index is 4.79. The van der Waals surface area contributed by atoms with Crippen LogP contribution in [0.5, 0.6) is 0 Å².